The summed E-state index contributed by atoms with van der Waals surface area (Å²) in [6.45, 7) is 0.608. The molecule has 0 aliphatic rings. The van der Waals surface area contributed by atoms with Gasteiger partial charge < -0.3 is 14.6 Å². The molecule has 0 aliphatic heterocycles. The lowest BCUT2D eigenvalue weighted by atomic mass is 10.1. The fourth-order valence-corrected chi connectivity index (χ4v) is 2.86. The third-order valence-electron chi connectivity index (χ3n) is 4.03. The Hall–Kier alpha value is -2.82. The van der Waals surface area contributed by atoms with Crippen molar-refractivity contribution >= 4 is 16.9 Å². The van der Waals surface area contributed by atoms with E-state index in [0.29, 0.717) is 13.0 Å². The molecule has 124 valence electrons. The SMILES string of the molecule is COc1cccc(CC(=O)NCCc2cn(C)c3ncccc23)c1. The van der Waals surface area contributed by atoms with E-state index in [0.717, 1.165) is 28.8 Å². The number of nitrogens with zero attached hydrogens (tertiary/aromatic N) is 2. The predicted molar refractivity (Wildman–Crippen MR) is 94.1 cm³/mol. The highest BCUT2D eigenvalue weighted by Gasteiger charge is 2.08. The van der Waals surface area contributed by atoms with Crippen LogP contribution in [0.5, 0.6) is 5.75 Å². The molecular weight excluding hydrogens is 302 g/mol. The molecule has 0 spiro atoms. The van der Waals surface area contributed by atoms with Crippen molar-refractivity contribution in [3.8, 4) is 5.75 Å². The number of rotatable bonds is 6. The van der Waals surface area contributed by atoms with E-state index in [4.69, 9.17) is 4.74 Å². The first-order chi connectivity index (χ1) is 11.7. The van der Waals surface area contributed by atoms with Gasteiger partial charge in [0.25, 0.3) is 0 Å². The van der Waals surface area contributed by atoms with Gasteiger partial charge in [0.15, 0.2) is 0 Å². The van der Waals surface area contributed by atoms with Gasteiger partial charge in [-0.3, -0.25) is 4.79 Å². The summed E-state index contributed by atoms with van der Waals surface area (Å²) in [6, 6.07) is 11.6. The number of aromatic nitrogens is 2. The summed E-state index contributed by atoms with van der Waals surface area (Å²) in [5.41, 5.74) is 3.11. The number of hydrogen-bond donors (Lipinski definition) is 1. The summed E-state index contributed by atoms with van der Waals surface area (Å²) in [5, 5.41) is 4.12. The summed E-state index contributed by atoms with van der Waals surface area (Å²) >= 11 is 0. The molecule has 0 saturated heterocycles. The maximum atomic E-state index is 12.1. The average Bonchev–Trinajstić information content (AvgIpc) is 2.92. The molecule has 0 saturated carbocycles. The van der Waals surface area contributed by atoms with Gasteiger partial charge in [0, 0.05) is 31.4 Å². The van der Waals surface area contributed by atoms with Crippen molar-refractivity contribution in [2.75, 3.05) is 13.7 Å². The molecule has 3 rings (SSSR count). The second-order valence-electron chi connectivity index (χ2n) is 5.77. The largest absolute Gasteiger partial charge is 0.497 e. The van der Waals surface area contributed by atoms with Crippen molar-refractivity contribution < 1.29 is 9.53 Å². The molecular formula is C19H21N3O2. The van der Waals surface area contributed by atoms with E-state index in [9.17, 15) is 4.79 Å². The van der Waals surface area contributed by atoms with Crippen molar-refractivity contribution in [3.63, 3.8) is 0 Å². The number of nitrogens with one attached hydrogen (secondary N) is 1. The smallest absolute Gasteiger partial charge is 0.224 e. The summed E-state index contributed by atoms with van der Waals surface area (Å²) < 4.78 is 7.20. The summed E-state index contributed by atoms with van der Waals surface area (Å²) in [5.74, 6) is 0.783. The van der Waals surface area contributed by atoms with Crippen LogP contribution in [0.15, 0.2) is 48.8 Å². The van der Waals surface area contributed by atoms with Gasteiger partial charge in [-0.25, -0.2) is 4.98 Å². The monoisotopic (exact) mass is 323 g/mol. The molecule has 3 aromatic rings. The standard InChI is InChI=1S/C19H21N3O2/c1-22-13-15(17-7-4-9-21-19(17)22)8-10-20-18(23)12-14-5-3-6-16(11-14)24-2/h3-7,9,11,13H,8,10,12H2,1-2H3,(H,20,23). The predicted octanol–water partition coefficient (Wildman–Crippen LogP) is 2.48. The van der Waals surface area contributed by atoms with Crippen molar-refractivity contribution in [2.24, 2.45) is 7.05 Å². The Kier molecular flexibility index (Phi) is 4.79. The molecule has 5 nitrogen and oxygen atoms in total. The zero-order valence-corrected chi connectivity index (χ0v) is 14.0. The van der Waals surface area contributed by atoms with Crippen LogP contribution in [-0.4, -0.2) is 29.1 Å². The van der Waals surface area contributed by atoms with Crippen LogP contribution >= 0.6 is 0 Å². The third kappa shape index (κ3) is 3.56. The molecule has 1 N–H and O–H groups in total. The molecule has 2 aromatic heterocycles. The van der Waals surface area contributed by atoms with Crippen LogP contribution in [0.2, 0.25) is 0 Å². The molecule has 1 aromatic carbocycles. The molecule has 0 atom stereocenters. The molecule has 1 amide bonds. The number of fused-ring (bicyclic) bond motifs is 1. The second kappa shape index (κ2) is 7.17. The van der Waals surface area contributed by atoms with Gasteiger partial charge in [-0.1, -0.05) is 12.1 Å². The van der Waals surface area contributed by atoms with Gasteiger partial charge in [-0.05, 0) is 41.8 Å². The summed E-state index contributed by atoms with van der Waals surface area (Å²) in [4.78, 5) is 16.5. The molecule has 0 radical (unpaired) electrons. The van der Waals surface area contributed by atoms with Crippen LogP contribution in [0.3, 0.4) is 0 Å². The molecule has 0 unspecified atom stereocenters. The number of amides is 1. The van der Waals surface area contributed by atoms with Crippen LogP contribution in [0.4, 0.5) is 0 Å². The van der Waals surface area contributed by atoms with E-state index in [2.05, 4.69) is 22.6 Å². The number of hydrogen-bond acceptors (Lipinski definition) is 3. The topological polar surface area (TPSA) is 56.1 Å². The Bertz CT molecular complexity index is 855. The van der Waals surface area contributed by atoms with E-state index in [1.165, 1.54) is 5.56 Å². The van der Waals surface area contributed by atoms with Crippen molar-refractivity contribution in [3.05, 3.63) is 59.9 Å². The van der Waals surface area contributed by atoms with E-state index in [1.54, 1.807) is 13.3 Å². The Morgan fingerprint density at radius 1 is 1.29 bits per heavy atom. The van der Waals surface area contributed by atoms with E-state index in [-0.39, 0.29) is 5.91 Å². The summed E-state index contributed by atoms with van der Waals surface area (Å²) in [6.07, 6.45) is 5.01. The van der Waals surface area contributed by atoms with Crippen molar-refractivity contribution in [2.45, 2.75) is 12.8 Å². The second-order valence-corrected chi connectivity index (χ2v) is 5.77. The Morgan fingerprint density at radius 3 is 3.00 bits per heavy atom. The fraction of sp³-hybridized carbons (Fsp3) is 0.263. The van der Waals surface area contributed by atoms with Crippen LogP contribution in [0.25, 0.3) is 11.0 Å². The lowest BCUT2D eigenvalue weighted by molar-refractivity contribution is -0.120. The highest BCUT2D eigenvalue weighted by atomic mass is 16.5. The van der Waals surface area contributed by atoms with Gasteiger partial charge in [-0.15, -0.1) is 0 Å². The van der Waals surface area contributed by atoms with Gasteiger partial charge >= 0.3 is 0 Å². The number of methoxy groups -OCH3 is 1. The van der Waals surface area contributed by atoms with E-state index in [1.807, 2.05) is 41.9 Å². The quantitative estimate of drug-likeness (QED) is 0.758. The number of aryl methyl sites for hydroxylation is 1. The Labute approximate surface area is 141 Å². The van der Waals surface area contributed by atoms with Gasteiger partial charge in [0.05, 0.1) is 13.5 Å². The molecule has 0 aliphatic carbocycles. The first-order valence-corrected chi connectivity index (χ1v) is 7.96. The minimum absolute atomic E-state index is 0.0154. The molecule has 0 bridgehead atoms. The minimum atomic E-state index is 0.0154. The summed E-state index contributed by atoms with van der Waals surface area (Å²) in [7, 11) is 3.61. The van der Waals surface area contributed by atoms with Crippen LogP contribution in [0, 0.1) is 0 Å². The normalized spacial score (nSPS) is 10.8. The number of ether oxygens (including phenoxy) is 1. The van der Waals surface area contributed by atoms with Crippen LogP contribution < -0.4 is 10.1 Å². The molecule has 24 heavy (non-hydrogen) atoms. The molecule has 2 heterocycles. The fourth-order valence-electron chi connectivity index (χ4n) is 2.86. The van der Waals surface area contributed by atoms with E-state index < -0.39 is 0 Å². The lowest BCUT2D eigenvalue weighted by Gasteiger charge is -2.06. The Balaban J connectivity index is 1.56. The maximum absolute atomic E-state index is 12.1. The molecule has 0 fully saturated rings. The van der Waals surface area contributed by atoms with Gasteiger partial charge in [0.1, 0.15) is 11.4 Å². The van der Waals surface area contributed by atoms with Crippen molar-refractivity contribution in [1.29, 1.82) is 0 Å². The van der Waals surface area contributed by atoms with Gasteiger partial charge in [-0.2, -0.15) is 0 Å². The highest BCUT2D eigenvalue weighted by Crippen LogP contribution is 2.18. The lowest BCUT2D eigenvalue weighted by Crippen LogP contribution is -2.27. The van der Waals surface area contributed by atoms with Crippen LogP contribution in [0.1, 0.15) is 11.1 Å². The number of carbonyl (C=O) groups excluding carboxylic acids is 1. The first-order valence-electron chi connectivity index (χ1n) is 7.96. The average molecular weight is 323 g/mol. The van der Waals surface area contributed by atoms with E-state index >= 15 is 0 Å². The number of benzene rings is 1. The zero-order valence-electron chi connectivity index (χ0n) is 14.0. The highest BCUT2D eigenvalue weighted by molar-refractivity contribution is 5.81. The first kappa shape index (κ1) is 16.1. The third-order valence-corrected chi connectivity index (χ3v) is 4.03. The Morgan fingerprint density at radius 2 is 2.17 bits per heavy atom. The zero-order chi connectivity index (χ0) is 16.9. The van der Waals surface area contributed by atoms with Crippen molar-refractivity contribution in [1.82, 2.24) is 14.9 Å². The minimum Gasteiger partial charge on any atom is -0.497 e. The van der Waals surface area contributed by atoms with Crippen LogP contribution in [-0.2, 0) is 24.7 Å². The number of carbonyl (C=O) groups is 1. The maximum Gasteiger partial charge on any atom is 0.224 e. The molecule has 5 heteroatoms. The number of pyridine rings is 1. The van der Waals surface area contributed by atoms with Gasteiger partial charge in [0.2, 0.25) is 5.91 Å².